The van der Waals surface area contributed by atoms with Crippen LogP contribution in [0, 0.1) is 0 Å². The number of aliphatic carboxylic acids is 1. The number of carboxylic acid groups (broad SMARTS) is 1. The highest BCUT2D eigenvalue weighted by molar-refractivity contribution is 7.98. The lowest BCUT2D eigenvalue weighted by molar-refractivity contribution is -0.571. The van der Waals surface area contributed by atoms with E-state index in [1.807, 2.05) is 12.3 Å². The standard InChI is InChI=1S/C11H13N3O2S2/c1-3-6-4-7-9(12-5-8(15)16)13-11(17-2)14-10(7)18-6/h4H,3,5H2,1-2H3,(H,15,16)(H,12,13,14). The van der Waals surface area contributed by atoms with Crippen LogP contribution in [0.15, 0.2) is 11.2 Å². The number of carboxylic acids is 1. The highest BCUT2D eigenvalue weighted by atomic mass is 32.2. The molecule has 5 nitrogen and oxygen atoms in total. The fraction of sp³-hybridized carbons (Fsp3) is 0.364. The van der Waals surface area contributed by atoms with Crippen molar-refractivity contribution >= 4 is 45.1 Å². The number of quaternary nitrogens is 1. The van der Waals surface area contributed by atoms with Crippen LogP contribution in [0.5, 0.6) is 0 Å². The summed E-state index contributed by atoms with van der Waals surface area (Å²) in [6.07, 6.45) is 2.84. The molecule has 0 bridgehead atoms. The normalized spacial score (nSPS) is 11.0. The molecular weight excluding hydrogens is 270 g/mol. The van der Waals surface area contributed by atoms with Gasteiger partial charge in [0, 0.05) is 4.88 Å². The van der Waals surface area contributed by atoms with Crippen LogP contribution in [-0.4, -0.2) is 28.7 Å². The predicted octanol–water partition coefficient (Wildman–Crippen LogP) is -0.0796. The maximum atomic E-state index is 10.5. The number of aromatic nitrogens is 2. The number of fused-ring (bicyclic) bond motifs is 1. The molecule has 0 saturated heterocycles. The first-order chi connectivity index (χ1) is 8.63. The zero-order chi connectivity index (χ0) is 13.1. The Hall–Kier alpha value is -1.18. The van der Waals surface area contributed by atoms with Gasteiger partial charge in [-0.2, -0.15) is 4.98 Å². The van der Waals surface area contributed by atoms with Crippen LogP contribution in [0.2, 0.25) is 0 Å². The minimum absolute atomic E-state index is 0.128. The van der Waals surface area contributed by atoms with Crippen molar-refractivity contribution in [1.29, 1.82) is 0 Å². The smallest absolute Gasteiger partial charge is 0.237 e. The molecule has 2 aromatic rings. The highest BCUT2D eigenvalue weighted by Crippen LogP contribution is 2.28. The number of carbonyl (C=O) groups excluding carboxylic acids is 1. The highest BCUT2D eigenvalue weighted by Gasteiger charge is 2.13. The van der Waals surface area contributed by atoms with Gasteiger partial charge in [-0.25, -0.2) is 4.98 Å². The predicted molar refractivity (Wildman–Crippen MR) is 70.0 cm³/mol. The van der Waals surface area contributed by atoms with E-state index in [1.54, 1.807) is 16.7 Å². The van der Waals surface area contributed by atoms with Gasteiger partial charge in [0.2, 0.25) is 5.82 Å². The van der Waals surface area contributed by atoms with Crippen molar-refractivity contribution in [3.8, 4) is 0 Å². The largest absolute Gasteiger partial charge is 0.544 e. The van der Waals surface area contributed by atoms with E-state index in [0.717, 1.165) is 16.6 Å². The van der Waals surface area contributed by atoms with E-state index in [1.165, 1.54) is 16.6 Å². The summed E-state index contributed by atoms with van der Waals surface area (Å²) in [5.41, 5.74) is 0. The lowest BCUT2D eigenvalue weighted by Crippen LogP contribution is -2.81. The van der Waals surface area contributed by atoms with Crippen LogP contribution in [-0.2, 0) is 11.2 Å². The molecule has 0 amide bonds. The molecule has 0 aromatic carbocycles. The van der Waals surface area contributed by atoms with Crippen molar-refractivity contribution in [3.63, 3.8) is 0 Å². The van der Waals surface area contributed by atoms with E-state index >= 15 is 0 Å². The van der Waals surface area contributed by atoms with Gasteiger partial charge in [0.05, 0.1) is 11.4 Å². The Bertz CT molecular complexity index is 583. The van der Waals surface area contributed by atoms with Gasteiger partial charge in [0.25, 0.3) is 0 Å². The third-order valence-electron chi connectivity index (χ3n) is 2.45. The van der Waals surface area contributed by atoms with Gasteiger partial charge in [-0.15, -0.1) is 11.3 Å². The van der Waals surface area contributed by atoms with Gasteiger partial charge in [-0.05, 0) is 18.7 Å². The molecule has 0 unspecified atom stereocenters. The lowest BCUT2D eigenvalue weighted by atomic mass is 10.3. The summed E-state index contributed by atoms with van der Waals surface area (Å²) in [7, 11) is 0. The van der Waals surface area contributed by atoms with Crippen LogP contribution in [0.25, 0.3) is 10.2 Å². The van der Waals surface area contributed by atoms with Crippen molar-refractivity contribution < 1.29 is 15.2 Å². The van der Waals surface area contributed by atoms with Crippen molar-refractivity contribution in [1.82, 2.24) is 9.97 Å². The number of hydrogen-bond donors (Lipinski definition) is 1. The monoisotopic (exact) mass is 283 g/mol. The van der Waals surface area contributed by atoms with Gasteiger partial charge >= 0.3 is 0 Å². The summed E-state index contributed by atoms with van der Waals surface area (Å²) in [5, 5.41) is 13.7. The maximum absolute atomic E-state index is 10.5. The second-order valence-electron chi connectivity index (χ2n) is 3.66. The molecule has 2 N–H and O–H groups in total. The number of rotatable bonds is 5. The zero-order valence-electron chi connectivity index (χ0n) is 10.1. The molecule has 0 atom stereocenters. The number of aryl methyl sites for hydroxylation is 1. The lowest BCUT2D eigenvalue weighted by Gasteiger charge is -2.03. The molecule has 2 rings (SSSR count). The van der Waals surface area contributed by atoms with Crippen LogP contribution < -0.4 is 10.4 Å². The summed E-state index contributed by atoms with van der Waals surface area (Å²) in [6.45, 7) is 1.95. The second kappa shape index (κ2) is 5.64. The van der Waals surface area contributed by atoms with Gasteiger partial charge in [0.15, 0.2) is 5.16 Å². The van der Waals surface area contributed by atoms with Gasteiger partial charge in [0.1, 0.15) is 11.4 Å². The Morgan fingerprint density at radius 1 is 1.56 bits per heavy atom. The van der Waals surface area contributed by atoms with Crippen LogP contribution in [0.3, 0.4) is 0 Å². The fourth-order valence-electron chi connectivity index (χ4n) is 1.57. The van der Waals surface area contributed by atoms with E-state index in [2.05, 4.69) is 16.9 Å². The molecule has 18 heavy (non-hydrogen) atoms. The third-order valence-corrected chi connectivity index (χ3v) is 4.17. The minimum atomic E-state index is -1.10. The molecule has 0 saturated carbocycles. The van der Waals surface area contributed by atoms with Crippen LogP contribution in [0.1, 0.15) is 11.8 Å². The number of carbonyl (C=O) groups is 1. The van der Waals surface area contributed by atoms with Crippen molar-refractivity contribution in [2.75, 3.05) is 12.8 Å². The van der Waals surface area contributed by atoms with E-state index in [4.69, 9.17) is 0 Å². The Balaban J connectivity index is 2.46. The Morgan fingerprint density at radius 3 is 2.94 bits per heavy atom. The number of nitrogens with two attached hydrogens (primary N) is 1. The molecule has 0 fully saturated rings. The van der Waals surface area contributed by atoms with Crippen LogP contribution in [0.4, 0.5) is 5.82 Å². The molecule has 2 heterocycles. The summed E-state index contributed by atoms with van der Waals surface area (Å²) < 4.78 is 0. The summed E-state index contributed by atoms with van der Waals surface area (Å²) >= 11 is 3.08. The van der Waals surface area contributed by atoms with Crippen molar-refractivity contribution in [2.24, 2.45) is 0 Å². The molecule has 0 spiro atoms. The van der Waals surface area contributed by atoms with E-state index in [0.29, 0.717) is 11.0 Å². The van der Waals surface area contributed by atoms with Crippen molar-refractivity contribution in [3.05, 3.63) is 10.9 Å². The second-order valence-corrected chi connectivity index (χ2v) is 5.55. The molecular formula is C11H13N3O2S2. The average molecular weight is 283 g/mol. The third kappa shape index (κ3) is 2.80. The summed E-state index contributed by atoms with van der Waals surface area (Å²) in [6, 6.07) is 2.03. The molecule has 0 aliphatic heterocycles. The number of hydrogen-bond acceptors (Lipinski definition) is 6. The average Bonchev–Trinajstić information content (AvgIpc) is 2.78. The van der Waals surface area contributed by atoms with Crippen LogP contribution >= 0.6 is 23.1 Å². The molecule has 7 heteroatoms. The van der Waals surface area contributed by atoms with E-state index in [9.17, 15) is 9.90 Å². The zero-order valence-corrected chi connectivity index (χ0v) is 11.7. The topological polar surface area (TPSA) is 82.5 Å². The molecule has 2 aromatic heterocycles. The van der Waals surface area contributed by atoms with Gasteiger partial charge in [-0.1, -0.05) is 18.7 Å². The minimum Gasteiger partial charge on any atom is -0.544 e. The number of thioether (sulfide) groups is 1. The quantitative estimate of drug-likeness (QED) is 0.613. The Morgan fingerprint density at radius 2 is 2.33 bits per heavy atom. The molecule has 0 radical (unpaired) electrons. The Kier molecular flexibility index (Phi) is 4.15. The maximum Gasteiger partial charge on any atom is 0.237 e. The van der Waals surface area contributed by atoms with E-state index < -0.39 is 5.97 Å². The summed E-state index contributed by atoms with van der Waals surface area (Å²) in [5.74, 6) is -0.414. The SMILES string of the molecule is CCc1cc2c([NH2+]CC(=O)[O-])nc(SC)nc2s1. The first-order valence-corrected chi connectivity index (χ1v) is 7.55. The molecule has 96 valence electrons. The number of nitrogens with zero attached hydrogens (tertiary/aromatic N) is 2. The fourth-order valence-corrected chi connectivity index (χ4v) is 2.98. The summed E-state index contributed by atoms with van der Waals surface area (Å²) in [4.78, 5) is 21.5. The first kappa shape index (κ1) is 13.3. The molecule has 0 aliphatic carbocycles. The van der Waals surface area contributed by atoms with Gasteiger partial charge < -0.3 is 9.90 Å². The van der Waals surface area contributed by atoms with E-state index in [-0.39, 0.29) is 6.54 Å². The first-order valence-electron chi connectivity index (χ1n) is 5.51. The van der Waals surface area contributed by atoms with Crippen molar-refractivity contribution in [2.45, 2.75) is 18.5 Å². The van der Waals surface area contributed by atoms with Gasteiger partial charge in [-0.3, -0.25) is 5.32 Å². The molecule has 0 aliphatic rings. The number of thiophene rings is 1. The Labute approximate surface area is 113 Å².